The highest BCUT2D eigenvalue weighted by Crippen LogP contribution is 2.52. The van der Waals surface area contributed by atoms with Crippen molar-refractivity contribution in [2.45, 2.75) is 24.9 Å². The molecule has 1 heterocycles. The Kier molecular flexibility index (Phi) is 4.64. The zero-order chi connectivity index (χ0) is 19.9. The minimum absolute atomic E-state index is 0.341. The highest BCUT2D eigenvalue weighted by atomic mass is 19.4. The Balaban J connectivity index is 2.79. The average molecular weight is 385 g/mol. The third-order valence-corrected chi connectivity index (χ3v) is 3.42. The summed E-state index contributed by atoms with van der Waals surface area (Å²) in [5.74, 6) is -2.49. The van der Waals surface area contributed by atoms with Crippen LogP contribution in [0.2, 0.25) is 0 Å². The number of benzene rings is 1. The molecule has 12 heteroatoms. The molecule has 0 unspecified atom stereocenters. The fourth-order valence-corrected chi connectivity index (χ4v) is 2.23. The molecule has 2 rings (SSSR count). The van der Waals surface area contributed by atoms with Gasteiger partial charge in [-0.2, -0.15) is 26.3 Å². The minimum Gasteiger partial charge on any atom is -0.464 e. The molecule has 0 atom stereocenters. The first-order valence-corrected chi connectivity index (χ1v) is 6.85. The Bertz CT molecular complexity index is 769. The van der Waals surface area contributed by atoms with E-state index >= 15 is 0 Å². The van der Waals surface area contributed by atoms with Gasteiger partial charge in [0.2, 0.25) is 0 Å². The maximum absolute atomic E-state index is 13.3. The Morgan fingerprint density at radius 3 is 2.27 bits per heavy atom. The summed E-state index contributed by atoms with van der Waals surface area (Å²) in [7, 11) is 0. The Labute approximate surface area is 141 Å². The highest BCUT2D eigenvalue weighted by Gasteiger charge is 2.74. The lowest BCUT2D eigenvalue weighted by Gasteiger charge is -2.38. The number of carbonyl (C=O) groups excluding carboxylic acids is 1. The quantitative estimate of drug-likeness (QED) is 0.342. The molecule has 0 amide bonds. The summed E-state index contributed by atoms with van der Waals surface area (Å²) in [6.07, 6.45) is -12.4. The number of ether oxygens (including phenoxy) is 2. The normalized spacial score (nSPS) is 16.2. The molecule has 1 aliphatic heterocycles. The van der Waals surface area contributed by atoms with Crippen molar-refractivity contribution >= 4 is 17.2 Å². The second-order valence-electron chi connectivity index (χ2n) is 5.05. The van der Waals surface area contributed by atoms with E-state index in [1.807, 2.05) is 0 Å². The van der Waals surface area contributed by atoms with E-state index in [0.717, 1.165) is 0 Å². The third kappa shape index (κ3) is 3.06. The van der Waals surface area contributed by atoms with E-state index in [1.54, 1.807) is 0 Å². The summed E-state index contributed by atoms with van der Waals surface area (Å²) in [6.45, 7) is 0.944. The molecule has 0 radical (unpaired) electrons. The molecule has 1 aromatic rings. The van der Waals surface area contributed by atoms with E-state index in [4.69, 9.17) is 0 Å². The Morgan fingerprint density at radius 2 is 1.81 bits per heavy atom. The molecule has 0 N–H and O–H groups in total. The summed E-state index contributed by atoms with van der Waals surface area (Å²) in [5, 5.41) is 10.8. The van der Waals surface area contributed by atoms with Crippen LogP contribution in [-0.2, 0) is 9.53 Å². The zero-order valence-corrected chi connectivity index (χ0v) is 12.8. The van der Waals surface area contributed by atoms with Gasteiger partial charge in [0, 0.05) is 17.7 Å². The third-order valence-electron chi connectivity index (χ3n) is 3.42. The minimum atomic E-state index is -5.97. The Morgan fingerprint density at radius 1 is 1.23 bits per heavy atom. The molecule has 6 nitrogen and oxygen atoms in total. The van der Waals surface area contributed by atoms with Gasteiger partial charge in [-0.3, -0.25) is 10.1 Å². The topological polar surface area (TPSA) is 78.7 Å². The van der Waals surface area contributed by atoms with Crippen molar-refractivity contribution in [2.24, 2.45) is 0 Å². The van der Waals surface area contributed by atoms with E-state index in [-0.39, 0.29) is 6.61 Å². The molecule has 1 aliphatic rings. The number of nitrogens with zero attached hydrogens (tertiary/aromatic N) is 1. The second kappa shape index (κ2) is 6.18. The van der Waals surface area contributed by atoms with E-state index in [9.17, 15) is 41.3 Å². The van der Waals surface area contributed by atoms with Crippen molar-refractivity contribution < 1.29 is 45.5 Å². The maximum Gasteiger partial charge on any atom is 0.441 e. The van der Waals surface area contributed by atoms with Crippen molar-refractivity contribution in [1.82, 2.24) is 0 Å². The molecule has 0 bridgehead atoms. The van der Waals surface area contributed by atoms with Crippen LogP contribution in [-0.4, -0.2) is 35.5 Å². The van der Waals surface area contributed by atoms with Crippen LogP contribution in [0.15, 0.2) is 24.3 Å². The van der Waals surface area contributed by atoms with Gasteiger partial charge in [0.15, 0.2) is 0 Å². The van der Waals surface area contributed by atoms with Gasteiger partial charge in [-0.1, -0.05) is 0 Å². The molecule has 0 saturated carbocycles. The van der Waals surface area contributed by atoms with Crippen molar-refractivity contribution in [2.75, 3.05) is 6.61 Å². The van der Waals surface area contributed by atoms with Crippen molar-refractivity contribution in [1.29, 1.82) is 0 Å². The van der Waals surface area contributed by atoms with Crippen molar-refractivity contribution in [3.63, 3.8) is 0 Å². The molecule has 0 spiro atoms. The number of non-ortho nitro benzene ring substituents is 1. The summed E-state index contributed by atoms with van der Waals surface area (Å²) in [4.78, 5) is 21.8. The molecule has 26 heavy (non-hydrogen) atoms. The standard InChI is InChI=1S/C14H9F6NO5/c1-2-25-11(22)9-6-12(13(15,16)17,14(18,19)20)26-10-4-3-7(21(23)24)5-8(9)10/h3-6H,2H2,1H3. The number of fused-ring (bicyclic) bond motifs is 1. The molecule has 0 aliphatic carbocycles. The number of nitro benzene ring substituents is 1. The number of carbonyl (C=O) groups is 1. The summed E-state index contributed by atoms with van der Waals surface area (Å²) in [6, 6.07) is 1.85. The predicted molar refractivity (Wildman–Crippen MR) is 73.2 cm³/mol. The van der Waals surface area contributed by atoms with E-state index in [2.05, 4.69) is 9.47 Å². The molecule has 0 aromatic heterocycles. The van der Waals surface area contributed by atoms with E-state index in [1.165, 1.54) is 6.92 Å². The average Bonchev–Trinajstić information content (AvgIpc) is 2.51. The van der Waals surface area contributed by atoms with Crippen LogP contribution in [0.3, 0.4) is 0 Å². The van der Waals surface area contributed by atoms with Gasteiger partial charge in [0.25, 0.3) is 5.69 Å². The number of esters is 1. The molecular weight excluding hydrogens is 376 g/mol. The second-order valence-corrected chi connectivity index (χ2v) is 5.05. The molecule has 0 fully saturated rings. The van der Waals surface area contributed by atoms with Gasteiger partial charge < -0.3 is 9.47 Å². The first-order chi connectivity index (χ1) is 11.8. The van der Waals surface area contributed by atoms with Gasteiger partial charge >= 0.3 is 23.9 Å². The van der Waals surface area contributed by atoms with Gasteiger partial charge in [-0.15, -0.1) is 0 Å². The first-order valence-electron chi connectivity index (χ1n) is 6.85. The number of alkyl halides is 6. The van der Waals surface area contributed by atoms with Crippen molar-refractivity contribution in [3.05, 3.63) is 40.0 Å². The van der Waals surface area contributed by atoms with Crippen LogP contribution < -0.4 is 4.74 Å². The van der Waals surface area contributed by atoms with Gasteiger partial charge in [-0.25, -0.2) is 4.79 Å². The monoisotopic (exact) mass is 385 g/mol. The maximum atomic E-state index is 13.3. The van der Waals surface area contributed by atoms with Crippen LogP contribution in [0.1, 0.15) is 12.5 Å². The lowest BCUT2D eigenvalue weighted by Crippen LogP contribution is -2.60. The van der Waals surface area contributed by atoms with E-state index < -0.39 is 57.5 Å². The SMILES string of the molecule is CCOC(=O)C1=CC(C(F)(F)F)(C(F)(F)F)Oc2ccc([N+](=O)[O-])cc21. The van der Waals surface area contributed by atoms with Crippen LogP contribution in [0.25, 0.3) is 5.57 Å². The Hall–Kier alpha value is -2.79. The predicted octanol–water partition coefficient (Wildman–Crippen LogP) is 3.80. The fraction of sp³-hybridized carbons (Fsp3) is 0.357. The summed E-state index contributed by atoms with van der Waals surface area (Å²) >= 11 is 0. The highest BCUT2D eigenvalue weighted by molar-refractivity contribution is 6.18. The van der Waals surface area contributed by atoms with Gasteiger partial charge in [0.05, 0.1) is 17.1 Å². The van der Waals surface area contributed by atoms with Gasteiger partial charge in [0.1, 0.15) is 5.75 Å². The van der Waals surface area contributed by atoms with Crippen LogP contribution in [0.4, 0.5) is 32.0 Å². The number of nitro groups is 1. The lowest BCUT2D eigenvalue weighted by atomic mass is 9.90. The van der Waals surface area contributed by atoms with Crippen LogP contribution in [0.5, 0.6) is 5.75 Å². The number of hydrogen-bond donors (Lipinski definition) is 0. The van der Waals surface area contributed by atoms with Gasteiger partial charge in [-0.05, 0) is 19.1 Å². The molecule has 142 valence electrons. The number of rotatable bonds is 3. The lowest BCUT2D eigenvalue weighted by molar-refractivity contribution is -0.385. The number of hydrogen-bond acceptors (Lipinski definition) is 5. The van der Waals surface area contributed by atoms with E-state index in [0.29, 0.717) is 18.2 Å². The smallest absolute Gasteiger partial charge is 0.441 e. The summed E-state index contributed by atoms with van der Waals surface area (Å²) < 4.78 is 88.3. The van der Waals surface area contributed by atoms with Crippen LogP contribution >= 0.6 is 0 Å². The summed E-state index contributed by atoms with van der Waals surface area (Å²) in [5.41, 5.74) is -7.20. The van der Waals surface area contributed by atoms with Crippen LogP contribution in [0, 0.1) is 10.1 Å². The fourth-order valence-electron chi connectivity index (χ4n) is 2.23. The molecule has 0 saturated heterocycles. The molecular formula is C14H9F6NO5. The molecule has 1 aromatic carbocycles. The number of halogens is 6. The van der Waals surface area contributed by atoms with Crippen molar-refractivity contribution in [3.8, 4) is 5.75 Å². The first kappa shape index (κ1) is 19.5. The zero-order valence-electron chi connectivity index (χ0n) is 12.8. The largest absolute Gasteiger partial charge is 0.464 e.